The molecule has 0 fully saturated rings. The van der Waals surface area contributed by atoms with E-state index in [1.165, 1.54) is 0 Å². The van der Waals surface area contributed by atoms with Gasteiger partial charge in [-0.15, -0.1) is 0 Å². The maximum Gasteiger partial charge on any atom is 0.149 e. The number of carbonyl (C=O) groups is 1. The standard InChI is InChI=1S/C10H12O/c1-10(2)8-5-3-7(4-6-8)9(10)11/h3-8H,1-2H3. The third-order valence-corrected chi connectivity index (χ3v) is 2.82. The number of hydrogen-bond donors (Lipinski definition) is 0. The van der Waals surface area contributed by atoms with Crippen LogP contribution in [0.1, 0.15) is 13.8 Å². The molecule has 0 atom stereocenters. The molecule has 3 rings (SSSR count). The van der Waals surface area contributed by atoms with Crippen LogP contribution in [0.5, 0.6) is 0 Å². The fourth-order valence-corrected chi connectivity index (χ4v) is 1.86. The first kappa shape index (κ1) is 6.84. The van der Waals surface area contributed by atoms with Crippen molar-refractivity contribution in [3.63, 3.8) is 0 Å². The Kier molecular flexibility index (Phi) is 1.15. The predicted octanol–water partition coefficient (Wildman–Crippen LogP) is 1.95. The van der Waals surface area contributed by atoms with Gasteiger partial charge in [0.05, 0.1) is 5.92 Å². The molecule has 0 aliphatic heterocycles. The van der Waals surface area contributed by atoms with Crippen LogP contribution in [-0.2, 0) is 4.79 Å². The summed E-state index contributed by atoms with van der Waals surface area (Å²) < 4.78 is 0. The van der Waals surface area contributed by atoms with Crippen LogP contribution >= 0.6 is 0 Å². The molecule has 0 saturated heterocycles. The molecule has 0 unspecified atom stereocenters. The third-order valence-electron chi connectivity index (χ3n) is 2.82. The monoisotopic (exact) mass is 148 g/mol. The Hall–Kier alpha value is -0.850. The van der Waals surface area contributed by atoms with Crippen LogP contribution < -0.4 is 0 Å². The number of rotatable bonds is 0. The quantitative estimate of drug-likeness (QED) is 0.480. The second-order valence-electron chi connectivity index (χ2n) is 3.91. The van der Waals surface area contributed by atoms with Crippen molar-refractivity contribution in [2.24, 2.45) is 17.3 Å². The van der Waals surface area contributed by atoms with E-state index in [0.717, 1.165) is 0 Å². The van der Waals surface area contributed by atoms with Crippen LogP contribution in [0.3, 0.4) is 0 Å². The molecule has 1 nitrogen and oxygen atoms in total. The Morgan fingerprint density at radius 2 is 1.73 bits per heavy atom. The van der Waals surface area contributed by atoms with Gasteiger partial charge in [0, 0.05) is 11.3 Å². The van der Waals surface area contributed by atoms with Gasteiger partial charge >= 0.3 is 0 Å². The zero-order valence-electron chi connectivity index (χ0n) is 6.87. The van der Waals surface area contributed by atoms with Crippen LogP contribution in [0.2, 0.25) is 0 Å². The summed E-state index contributed by atoms with van der Waals surface area (Å²) in [6.07, 6.45) is 8.31. The summed E-state index contributed by atoms with van der Waals surface area (Å²) in [5.74, 6) is 0.766. The molecule has 11 heavy (non-hydrogen) atoms. The lowest BCUT2D eigenvalue weighted by Crippen LogP contribution is -2.40. The largest absolute Gasteiger partial charge is 0.298 e. The summed E-state index contributed by atoms with van der Waals surface area (Å²) in [7, 11) is 0. The molecule has 0 heterocycles. The first-order chi connectivity index (χ1) is 5.12. The van der Waals surface area contributed by atoms with Gasteiger partial charge in [0.15, 0.2) is 0 Å². The highest BCUT2D eigenvalue weighted by molar-refractivity contribution is 5.92. The van der Waals surface area contributed by atoms with Crippen molar-refractivity contribution in [2.75, 3.05) is 0 Å². The number of allylic oxidation sites excluding steroid dienone is 4. The minimum atomic E-state index is -0.159. The molecule has 0 aromatic heterocycles. The van der Waals surface area contributed by atoms with E-state index in [0.29, 0.717) is 11.7 Å². The number of carbonyl (C=O) groups excluding carboxylic acids is 1. The lowest BCUT2D eigenvalue weighted by Gasteiger charge is -2.38. The molecular weight excluding hydrogens is 136 g/mol. The van der Waals surface area contributed by atoms with Crippen molar-refractivity contribution < 1.29 is 4.79 Å². The Bertz CT molecular complexity index is 244. The average molecular weight is 148 g/mol. The summed E-state index contributed by atoms with van der Waals surface area (Å²) in [5.41, 5.74) is -0.159. The van der Waals surface area contributed by atoms with Crippen molar-refractivity contribution >= 4 is 5.78 Å². The molecule has 0 aromatic carbocycles. The Morgan fingerprint density at radius 3 is 2.00 bits per heavy atom. The molecule has 3 aliphatic carbocycles. The van der Waals surface area contributed by atoms with E-state index in [4.69, 9.17) is 0 Å². The Labute approximate surface area is 66.8 Å². The topological polar surface area (TPSA) is 17.1 Å². The zero-order valence-corrected chi connectivity index (χ0v) is 6.87. The van der Waals surface area contributed by atoms with Gasteiger partial charge in [0.25, 0.3) is 0 Å². The fourth-order valence-electron chi connectivity index (χ4n) is 1.86. The van der Waals surface area contributed by atoms with Gasteiger partial charge in [-0.3, -0.25) is 4.79 Å². The predicted molar refractivity (Wildman–Crippen MR) is 44.0 cm³/mol. The van der Waals surface area contributed by atoms with Crippen LogP contribution in [-0.4, -0.2) is 5.78 Å². The second kappa shape index (κ2) is 1.84. The number of fused-ring (bicyclic) bond motifs is 1. The summed E-state index contributed by atoms with van der Waals surface area (Å²) in [6.45, 7) is 4.06. The molecule has 0 spiro atoms. The average Bonchev–Trinajstić information content (AvgIpc) is 2.01. The van der Waals surface area contributed by atoms with Gasteiger partial charge in [0.2, 0.25) is 0 Å². The molecular formula is C10H12O. The third kappa shape index (κ3) is 0.740. The molecule has 0 saturated carbocycles. The Balaban J connectivity index is 2.50. The second-order valence-corrected chi connectivity index (χ2v) is 3.91. The maximum atomic E-state index is 11.6. The van der Waals surface area contributed by atoms with Crippen LogP contribution in [0.25, 0.3) is 0 Å². The summed E-state index contributed by atoms with van der Waals surface area (Å²) in [6, 6.07) is 0. The van der Waals surface area contributed by atoms with Crippen molar-refractivity contribution in [1.29, 1.82) is 0 Å². The van der Waals surface area contributed by atoms with Crippen LogP contribution in [0.15, 0.2) is 24.3 Å². The summed E-state index contributed by atoms with van der Waals surface area (Å²) >= 11 is 0. The van der Waals surface area contributed by atoms with Crippen molar-refractivity contribution in [3.05, 3.63) is 24.3 Å². The normalized spacial score (nSPS) is 38.2. The van der Waals surface area contributed by atoms with Crippen LogP contribution in [0.4, 0.5) is 0 Å². The summed E-state index contributed by atoms with van der Waals surface area (Å²) in [4.78, 5) is 11.6. The van der Waals surface area contributed by atoms with E-state index in [-0.39, 0.29) is 11.3 Å². The number of ketones is 1. The smallest absolute Gasteiger partial charge is 0.149 e. The molecule has 0 amide bonds. The molecule has 0 radical (unpaired) electrons. The fraction of sp³-hybridized carbons (Fsp3) is 0.500. The van der Waals surface area contributed by atoms with Crippen LogP contribution in [0, 0.1) is 17.3 Å². The lowest BCUT2D eigenvalue weighted by molar-refractivity contribution is -0.131. The highest BCUT2D eigenvalue weighted by Gasteiger charge is 2.42. The number of hydrogen-bond acceptors (Lipinski definition) is 1. The SMILES string of the molecule is CC1(C)C(=O)C2C=CC1C=C2. The molecule has 58 valence electrons. The van der Waals surface area contributed by atoms with E-state index in [1.54, 1.807) is 0 Å². The lowest BCUT2D eigenvalue weighted by atomic mass is 9.64. The van der Waals surface area contributed by atoms with Gasteiger partial charge in [0.1, 0.15) is 5.78 Å². The van der Waals surface area contributed by atoms with Crippen molar-refractivity contribution in [3.8, 4) is 0 Å². The minimum Gasteiger partial charge on any atom is -0.298 e. The number of Topliss-reactive ketones (excluding diaryl/α,β-unsaturated/α-hetero) is 1. The molecule has 2 bridgehead atoms. The highest BCUT2D eigenvalue weighted by atomic mass is 16.1. The maximum absolute atomic E-state index is 11.6. The summed E-state index contributed by atoms with van der Waals surface area (Å²) in [5, 5.41) is 0. The van der Waals surface area contributed by atoms with Gasteiger partial charge in [-0.25, -0.2) is 0 Å². The van der Waals surface area contributed by atoms with E-state index in [2.05, 4.69) is 12.2 Å². The van der Waals surface area contributed by atoms with E-state index in [1.807, 2.05) is 26.0 Å². The highest BCUT2D eigenvalue weighted by Crippen LogP contribution is 2.41. The van der Waals surface area contributed by atoms with Crippen molar-refractivity contribution in [2.45, 2.75) is 13.8 Å². The van der Waals surface area contributed by atoms with Gasteiger partial charge in [-0.2, -0.15) is 0 Å². The minimum absolute atomic E-state index is 0.0648. The molecule has 0 N–H and O–H groups in total. The first-order valence-electron chi connectivity index (χ1n) is 4.03. The van der Waals surface area contributed by atoms with Gasteiger partial charge in [-0.05, 0) is 0 Å². The zero-order chi connectivity index (χ0) is 8.06. The molecule has 0 aromatic rings. The van der Waals surface area contributed by atoms with Crippen molar-refractivity contribution in [1.82, 2.24) is 0 Å². The van der Waals surface area contributed by atoms with E-state index in [9.17, 15) is 4.79 Å². The molecule has 3 aliphatic rings. The van der Waals surface area contributed by atoms with E-state index < -0.39 is 0 Å². The first-order valence-corrected chi connectivity index (χ1v) is 4.03. The van der Waals surface area contributed by atoms with Gasteiger partial charge < -0.3 is 0 Å². The van der Waals surface area contributed by atoms with Gasteiger partial charge in [-0.1, -0.05) is 38.2 Å². The van der Waals surface area contributed by atoms with E-state index >= 15 is 0 Å². The molecule has 1 heteroatoms. The Morgan fingerprint density at radius 1 is 1.18 bits per heavy atom.